The van der Waals surface area contributed by atoms with E-state index >= 15 is 0 Å². The van der Waals surface area contributed by atoms with Crippen LogP contribution in [0.1, 0.15) is 42.7 Å². The predicted molar refractivity (Wildman–Crippen MR) is 120 cm³/mol. The number of fused-ring (bicyclic) bond motifs is 1. The molecule has 0 bridgehead atoms. The lowest BCUT2D eigenvalue weighted by Gasteiger charge is -2.26. The minimum absolute atomic E-state index is 0.0889. The second kappa shape index (κ2) is 7.45. The molecule has 156 valence electrons. The Kier molecular flexibility index (Phi) is 4.76. The monoisotopic (exact) mass is 404 g/mol. The summed E-state index contributed by atoms with van der Waals surface area (Å²) < 4.78 is 1.76. The van der Waals surface area contributed by atoms with Crippen LogP contribution in [0.3, 0.4) is 0 Å². The van der Waals surface area contributed by atoms with Crippen molar-refractivity contribution < 1.29 is 5.11 Å². The fourth-order valence-electron chi connectivity index (χ4n) is 4.98. The molecule has 0 radical (unpaired) electrons. The Morgan fingerprint density at radius 1 is 1.17 bits per heavy atom. The molecule has 0 saturated carbocycles. The van der Waals surface area contributed by atoms with Crippen LogP contribution in [-0.2, 0) is 13.0 Å². The highest BCUT2D eigenvalue weighted by molar-refractivity contribution is 5.84. The molecule has 2 aromatic carbocycles. The zero-order chi connectivity index (χ0) is 20.8. The van der Waals surface area contributed by atoms with E-state index < -0.39 is 6.10 Å². The van der Waals surface area contributed by atoms with Crippen molar-refractivity contribution >= 4 is 21.9 Å². The fourth-order valence-corrected chi connectivity index (χ4v) is 4.98. The molecule has 0 fully saturated rings. The van der Waals surface area contributed by atoms with Crippen LogP contribution in [0.4, 0.5) is 0 Å². The number of benzene rings is 2. The quantitative estimate of drug-likeness (QED) is 0.410. The largest absolute Gasteiger partial charge is 0.387 e. The predicted octanol–water partition coefficient (Wildman–Crippen LogP) is 3.54. The number of aliphatic hydroxyl groups is 1. The van der Waals surface area contributed by atoms with Crippen LogP contribution in [-0.4, -0.2) is 31.7 Å². The number of aryl methyl sites for hydroxylation is 3. The van der Waals surface area contributed by atoms with Crippen molar-refractivity contribution in [2.24, 2.45) is 0 Å². The number of hydrogen-bond acceptors (Lipinski definition) is 3. The van der Waals surface area contributed by atoms with Crippen molar-refractivity contribution in [2.75, 3.05) is 0 Å². The Morgan fingerprint density at radius 2 is 1.97 bits per heavy atom. The molecular weight excluding hydrogens is 376 g/mol. The first kappa shape index (κ1) is 19.2. The summed E-state index contributed by atoms with van der Waals surface area (Å²) in [4.78, 5) is 18.7. The van der Waals surface area contributed by atoms with Crippen molar-refractivity contribution in [3.8, 4) is 0 Å². The van der Waals surface area contributed by atoms with Gasteiger partial charge in [0.05, 0.1) is 17.1 Å². The number of rotatable bonds is 5. The minimum Gasteiger partial charge on any atom is -0.387 e. The van der Waals surface area contributed by atoms with Gasteiger partial charge in [0.25, 0.3) is 0 Å². The number of aromatic nitrogens is 3. The lowest BCUT2D eigenvalue weighted by molar-refractivity contribution is 0.119. The molecule has 1 aliphatic heterocycles. The van der Waals surface area contributed by atoms with Gasteiger partial charge in [-0.15, -0.1) is 0 Å². The molecule has 3 heterocycles. The standard InChI is InChI=1S/C24H28N4O2/c1-14(10-11-16-15(2)26-19-8-4-3-6-17(16)19)25-21-12-13-28-22-18(23(21)29)7-5-9-20(22)27-24(28)30/h3-9,14,21,23,25-26,29H,10-13H2,1-2H3,(H,27,30). The number of aliphatic hydroxyl groups excluding tert-OH is 1. The second-order valence-corrected chi connectivity index (χ2v) is 8.55. The van der Waals surface area contributed by atoms with Crippen LogP contribution in [0.5, 0.6) is 0 Å². The van der Waals surface area contributed by atoms with Crippen LogP contribution >= 0.6 is 0 Å². The summed E-state index contributed by atoms with van der Waals surface area (Å²) in [5.41, 5.74) is 6.12. The van der Waals surface area contributed by atoms with Gasteiger partial charge >= 0.3 is 5.69 Å². The van der Waals surface area contributed by atoms with Crippen molar-refractivity contribution in [1.29, 1.82) is 0 Å². The molecule has 0 amide bonds. The van der Waals surface area contributed by atoms with Crippen LogP contribution in [0, 0.1) is 6.92 Å². The number of nitrogens with one attached hydrogen (secondary N) is 3. The SMILES string of the molecule is Cc1[nH]c2ccccc2c1CCC(C)NC1CCn2c(=O)[nH]c3cccc(c32)C1O. The van der Waals surface area contributed by atoms with Gasteiger partial charge in [-0.05, 0) is 50.8 Å². The van der Waals surface area contributed by atoms with Crippen molar-refractivity contribution in [3.63, 3.8) is 0 Å². The van der Waals surface area contributed by atoms with Crippen molar-refractivity contribution in [1.82, 2.24) is 19.9 Å². The average Bonchev–Trinajstić information content (AvgIpc) is 3.18. The maximum absolute atomic E-state index is 12.3. The van der Waals surface area contributed by atoms with E-state index in [0.29, 0.717) is 13.0 Å². The number of imidazole rings is 1. The molecule has 30 heavy (non-hydrogen) atoms. The van der Waals surface area contributed by atoms with Gasteiger partial charge in [-0.3, -0.25) is 4.57 Å². The zero-order valence-electron chi connectivity index (χ0n) is 17.4. The third-order valence-corrected chi connectivity index (χ3v) is 6.54. The van der Waals surface area contributed by atoms with E-state index in [1.54, 1.807) is 4.57 Å². The molecule has 2 aromatic heterocycles. The van der Waals surface area contributed by atoms with E-state index in [9.17, 15) is 9.90 Å². The fraction of sp³-hybridized carbons (Fsp3) is 0.375. The van der Waals surface area contributed by atoms with Crippen LogP contribution in [0.2, 0.25) is 0 Å². The zero-order valence-corrected chi connectivity index (χ0v) is 17.4. The van der Waals surface area contributed by atoms with Gasteiger partial charge in [-0.2, -0.15) is 0 Å². The smallest absolute Gasteiger partial charge is 0.326 e. The summed E-state index contributed by atoms with van der Waals surface area (Å²) in [6.07, 6.45) is 2.01. The molecule has 5 rings (SSSR count). The Morgan fingerprint density at radius 3 is 2.83 bits per heavy atom. The van der Waals surface area contributed by atoms with E-state index in [2.05, 4.69) is 53.4 Å². The first-order valence-electron chi connectivity index (χ1n) is 10.7. The Labute approximate surface area is 174 Å². The van der Waals surface area contributed by atoms with Gasteiger partial charge < -0.3 is 20.4 Å². The number of aromatic amines is 2. The molecule has 4 N–H and O–H groups in total. The number of nitrogens with zero attached hydrogens (tertiary/aromatic N) is 1. The van der Waals surface area contributed by atoms with E-state index in [1.807, 2.05) is 18.2 Å². The summed E-state index contributed by atoms with van der Waals surface area (Å²) in [6.45, 7) is 4.91. The van der Waals surface area contributed by atoms with E-state index in [0.717, 1.165) is 29.4 Å². The third kappa shape index (κ3) is 3.16. The Bertz CT molecular complexity index is 1270. The van der Waals surface area contributed by atoms with Gasteiger partial charge in [-0.25, -0.2) is 4.79 Å². The average molecular weight is 405 g/mol. The second-order valence-electron chi connectivity index (χ2n) is 8.55. The van der Waals surface area contributed by atoms with Gasteiger partial charge in [-0.1, -0.05) is 30.3 Å². The van der Waals surface area contributed by atoms with Crippen LogP contribution in [0.15, 0.2) is 47.3 Å². The first-order chi connectivity index (χ1) is 14.5. The lowest BCUT2D eigenvalue weighted by atomic mass is 9.97. The summed E-state index contributed by atoms with van der Waals surface area (Å²) in [6, 6.07) is 14.3. The normalized spacial score (nSPS) is 20.0. The highest BCUT2D eigenvalue weighted by atomic mass is 16.3. The van der Waals surface area contributed by atoms with Crippen LogP contribution < -0.4 is 11.0 Å². The molecular formula is C24H28N4O2. The molecule has 4 aromatic rings. The summed E-state index contributed by atoms with van der Waals surface area (Å²) in [7, 11) is 0. The molecule has 1 aliphatic rings. The molecule has 0 aliphatic carbocycles. The van der Waals surface area contributed by atoms with Crippen molar-refractivity contribution in [2.45, 2.75) is 57.8 Å². The van der Waals surface area contributed by atoms with E-state index in [1.165, 1.54) is 22.2 Å². The molecule has 0 saturated heterocycles. The number of hydrogen-bond donors (Lipinski definition) is 4. The Balaban J connectivity index is 1.32. The van der Waals surface area contributed by atoms with Gasteiger partial charge in [0.1, 0.15) is 0 Å². The molecule has 6 nitrogen and oxygen atoms in total. The molecule has 3 unspecified atom stereocenters. The number of H-pyrrole nitrogens is 2. The van der Waals surface area contributed by atoms with E-state index in [-0.39, 0.29) is 17.8 Å². The summed E-state index contributed by atoms with van der Waals surface area (Å²) in [5.74, 6) is 0. The lowest BCUT2D eigenvalue weighted by Crippen LogP contribution is -2.41. The van der Waals surface area contributed by atoms with Crippen LogP contribution in [0.25, 0.3) is 21.9 Å². The highest BCUT2D eigenvalue weighted by Gasteiger charge is 2.29. The highest BCUT2D eigenvalue weighted by Crippen LogP contribution is 2.30. The molecule has 0 spiro atoms. The van der Waals surface area contributed by atoms with Gasteiger partial charge in [0, 0.05) is 40.8 Å². The third-order valence-electron chi connectivity index (χ3n) is 6.54. The Hall–Kier alpha value is -2.83. The minimum atomic E-state index is -0.644. The first-order valence-corrected chi connectivity index (χ1v) is 10.7. The van der Waals surface area contributed by atoms with Gasteiger partial charge in [0.2, 0.25) is 0 Å². The molecule has 6 heteroatoms. The summed E-state index contributed by atoms with van der Waals surface area (Å²) >= 11 is 0. The topological polar surface area (TPSA) is 85.8 Å². The molecule has 3 atom stereocenters. The maximum Gasteiger partial charge on any atom is 0.326 e. The number of para-hydroxylation sites is 2. The van der Waals surface area contributed by atoms with Crippen molar-refractivity contribution in [3.05, 3.63) is 69.8 Å². The van der Waals surface area contributed by atoms with E-state index in [4.69, 9.17) is 0 Å². The van der Waals surface area contributed by atoms with Gasteiger partial charge in [0.15, 0.2) is 0 Å². The summed E-state index contributed by atoms with van der Waals surface area (Å²) in [5, 5.41) is 16.0. The maximum atomic E-state index is 12.3.